The third-order valence-electron chi connectivity index (χ3n) is 6.42. The summed E-state index contributed by atoms with van der Waals surface area (Å²) in [5, 5.41) is 5.95. The zero-order valence-electron chi connectivity index (χ0n) is 19.4. The number of benzene rings is 1. The normalized spacial score (nSPS) is 17.4. The summed E-state index contributed by atoms with van der Waals surface area (Å²) >= 11 is 1.27. The molecule has 0 radical (unpaired) electrons. The predicted molar refractivity (Wildman–Crippen MR) is 130 cm³/mol. The van der Waals surface area contributed by atoms with Crippen molar-refractivity contribution in [3.63, 3.8) is 0 Å². The Bertz CT molecular complexity index is 1100. The molecular formula is C25H29N3O5S. The van der Waals surface area contributed by atoms with E-state index in [1.165, 1.54) is 11.3 Å². The summed E-state index contributed by atoms with van der Waals surface area (Å²) in [6.07, 6.45) is 4.98. The molecule has 0 atom stereocenters. The minimum absolute atomic E-state index is 0.201. The second-order valence-electron chi connectivity index (χ2n) is 8.71. The molecule has 2 N–H and O–H groups in total. The fraction of sp³-hybridized carbons (Fsp3) is 0.440. The molecular weight excluding hydrogens is 454 g/mol. The third-order valence-corrected chi connectivity index (χ3v) is 7.68. The molecule has 4 rings (SSSR count). The highest BCUT2D eigenvalue weighted by molar-refractivity contribution is 7.20. The highest BCUT2D eigenvalue weighted by Gasteiger charge is 2.51. The number of ether oxygens (including phenoxy) is 1. The Labute approximate surface area is 202 Å². The van der Waals surface area contributed by atoms with Gasteiger partial charge < -0.3 is 15.4 Å². The molecule has 1 saturated heterocycles. The number of hydrogen-bond donors (Lipinski definition) is 2. The van der Waals surface area contributed by atoms with Gasteiger partial charge in [0.15, 0.2) is 0 Å². The molecule has 2 fully saturated rings. The summed E-state index contributed by atoms with van der Waals surface area (Å²) in [7, 11) is 0. The van der Waals surface area contributed by atoms with Crippen LogP contribution in [0.2, 0.25) is 0 Å². The Morgan fingerprint density at radius 3 is 2.44 bits per heavy atom. The van der Waals surface area contributed by atoms with Crippen LogP contribution in [0.3, 0.4) is 0 Å². The lowest BCUT2D eigenvalue weighted by atomic mass is 9.90. The van der Waals surface area contributed by atoms with Crippen LogP contribution in [-0.2, 0) is 14.3 Å². The molecule has 8 nitrogen and oxygen atoms in total. The predicted octanol–water partition coefficient (Wildman–Crippen LogP) is 4.48. The highest BCUT2D eigenvalue weighted by Crippen LogP contribution is 2.40. The first kappa shape index (κ1) is 23.9. The third kappa shape index (κ3) is 4.57. The van der Waals surface area contributed by atoms with Crippen LogP contribution in [0.25, 0.3) is 10.4 Å². The Morgan fingerprint density at radius 2 is 1.79 bits per heavy atom. The van der Waals surface area contributed by atoms with Crippen molar-refractivity contribution < 1.29 is 23.9 Å². The molecule has 2 aromatic rings. The number of thiophene rings is 1. The largest absolute Gasteiger partial charge is 0.462 e. The fourth-order valence-corrected chi connectivity index (χ4v) is 5.93. The molecule has 4 amide bonds. The van der Waals surface area contributed by atoms with Crippen molar-refractivity contribution in [2.75, 3.05) is 18.5 Å². The van der Waals surface area contributed by atoms with Crippen LogP contribution in [0.1, 0.15) is 61.4 Å². The summed E-state index contributed by atoms with van der Waals surface area (Å²) in [5.74, 6) is -1.41. The Hall–Kier alpha value is -3.20. The maximum atomic E-state index is 13.1. The maximum absolute atomic E-state index is 13.1. The number of carbonyl (C=O) groups is 4. The van der Waals surface area contributed by atoms with Crippen molar-refractivity contribution in [3.8, 4) is 10.4 Å². The van der Waals surface area contributed by atoms with Crippen LogP contribution in [0, 0.1) is 6.92 Å². The van der Waals surface area contributed by atoms with Crippen molar-refractivity contribution >= 4 is 40.2 Å². The van der Waals surface area contributed by atoms with E-state index in [2.05, 4.69) is 10.6 Å². The van der Waals surface area contributed by atoms with Crippen molar-refractivity contribution in [2.24, 2.45) is 0 Å². The summed E-state index contributed by atoms with van der Waals surface area (Å²) in [6.45, 7) is 3.32. The van der Waals surface area contributed by atoms with E-state index in [0.717, 1.165) is 41.0 Å². The topological polar surface area (TPSA) is 105 Å². The molecule has 1 aliphatic carbocycles. The Morgan fingerprint density at radius 1 is 1.12 bits per heavy atom. The first-order chi connectivity index (χ1) is 16.4. The number of anilines is 1. The summed E-state index contributed by atoms with van der Waals surface area (Å²) in [5.41, 5.74) is 1.01. The van der Waals surface area contributed by atoms with Gasteiger partial charge in [-0.05, 0) is 37.8 Å². The lowest BCUT2D eigenvalue weighted by Crippen LogP contribution is -2.47. The lowest BCUT2D eigenvalue weighted by Gasteiger charge is -2.24. The van der Waals surface area contributed by atoms with Crippen molar-refractivity contribution in [3.05, 3.63) is 41.5 Å². The monoisotopic (exact) mass is 483 g/mol. The van der Waals surface area contributed by atoms with Crippen LogP contribution in [0.5, 0.6) is 0 Å². The average molecular weight is 484 g/mol. The summed E-state index contributed by atoms with van der Waals surface area (Å²) in [4.78, 5) is 53.2. The number of esters is 1. The first-order valence-corrected chi connectivity index (χ1v) is 12.5. The van der Waals surface area contributed by atoms with Crippen molar-refractivity contribution in [2.45, 2.75) is 57.9 Å². The van der Waals surface area contributed by atoms with Crippen molar-refractivity contribution in [1.29, 1.82) is 0 Å². The zero-order valence-corrected chi connectivity index (χ0v) is 20.3. The highest BCUT2D eigenvalue weighted by atomic mass is 32.1. The van der Waals surface area contributed by atoms with E-state index in [1.807, 2.05) is 37.3 Å². The minimum atomic E-state index is -0.899. The van der Waals surface area contributed by atoms with Gasteiger partial charge in [0.05, 0.1) is 12.2 Å². The molecule has 2 heterocycles. The molecule has 2 aliphatic rings. The van der Waals surface area contributed by atoms with Crippen molar-refractivity contribution in [1.82, 2.24) is 10.2 Å². The summed E-state index contributed by atoms with van der Waals surface area (Å²) < 4.78 is 5.22. The van der Waals surface area contributed by atoms with E-state index < -0.39 is 30.0 Å². The number of imide groups is 1. The van der Waals surface area contributed by atoms with Gasteiger partial charge in [0.1, 0.15) is 17.1 Å². The molecule has 1 saturated carbocycles. The van der Waals surface area contributed by atoms with Gasteiger partial charge >= 0.3 is 12.0 Å². The second kappa shape index (κ2) is 9.97. The summed E-state index contributed by atoms with van der Waals surface area (Å²) in [6, 6.07) is 9.02. The molecule has 1 spiro atoms. The van der Waals surface area contributed by atoms with E-state index >= 15 is 0 Å². The minimum Gasteiger partial charge on any atom is -0.462 e. The van der Waals surface area contributed by atoms with E-state index in [9.17, 15) is 19.2 Å². The molecule has 0 bridgehead atoms. The van der Waals surface area contributed by atoms with Gasteiger partial charge in [0.25, 0.3) is 5.91 Å². The number of carbonyl (C=O) groups excluding carboxylic acids is 4. The molecule has 34 heavy (non-hydrogen) atoms. The lowest BCUT2D eigenvalue weighted by molar-refractivity contribution is -0.134. The SMILES string of the molecule is CCOC(=O)c1c(NC(=O)CN2C(=O)NC3(CCCCCC3)C2=O)sc(-c2ccccc2)c1C. The molecule has 0 unspecified atom stereocenters. The van der Waals surface area contributed by atoms with Gasteiger partial charge in [-0.15, -0.1) is 11.3 Å². The van der Waals surface area contributed by atoms with Gasteiger partial charge in [0.2, 0.25) is 5.91 Å². The number of nitrogens with zero attached hydrogens (tertiary/aromatic N) is 1. The number of nitrogens with one attached hydrogen (secondary N) is 2. The van der Waals surface area contributed by atoms with E-state index in [4.69, 9.17) is 4.74 Å². The van der Waals surface area contributed by atoms with Gasteiger partial charge in [-0.1, -0.05) is 56.0 Å². The Balaban J connectivity index is 1.56. The standard InChI is InChI=1S/C25H29N3O5S/c1-3-33-22(30)19-16(2)20(17-11-7-6-8-12-17)34-21(19)26-18(29)15-28-23(31)25(27-24(28)32)13-9-4-5-10-14-25/h6-8,11-12H,3-5,9-10,13-15H2,1-2H3,(H,26,29)(H,27,32). The Kier molecular flexibility index (Phi) is 7.02. The smallest absolute Gasteiger partial charge is 0.341 e. The number of hydrogen-bond acceptors (Lipinski definition) is 6. The van der Waals surface area contributed by atoms with Gasteiger partial charge in [0, 0.05) is 4.88 Å². The molecule has 1 aromatic heterocycles. The van der Waals surface area contributed by atoms with Gasteiger partial charge in [-0.3, -0.25) is 14.5 Å². The maximum Gasteiger partial charge on any atom is 0.341 e. The second-order valence-corrected chi connectivity index (χ2v) is 9.73. The van der Waals surface area contributed by atoms with Crippen LogP contribution >= 0.6 is 11.3 Å². The van der Waals surface area contributed by atoms with E-state index in [-0.39, 0.29) is 18.1 Å². The molecule has 9 heteroatoms. The van der Waals surface area contributed by atoms with Crippen LogP contribution in [0.15, 0.2) is 30.3 Å². The van der Waals surface area contributed by atoms with Gasteiger partial charge in [-0.2, -0.15) is 0 Å². The molecule has 180 valence electrons. The van der Waals surface area contributed by atoms with E-state index in [0.29, 0.717) is 23.4 Å². The first-order valence-electron chi connectivity index (χ1n) is 11.7. The van der Waals surface area contributed by atoms with Gasteiger partial charge in [-0.25, -0.2) is 9.59 Å². The number of rotatable bonds is 6. The number of amides is 4. The quantitative estimate of drug-likeness (QED) is 0.466. The van der Waals surface area contributed by atoms with Crippen LogP contribution in [0.4, 0.5) is 9.80 Å². The average Bonchev–Trinajstić information content (AvgIpc) is 3.11. The van der Waals surface area contributed by atoms with E-state index in [1.54, 1.807) is 6.92 Å². The molecule has 1 aromatic carbocycles. The van der Waals surface area contributed by atoms with Crippen LogP contribution in [-0.4, -0.2) is 47.4 Å². The molecule has 1 aliphatic heterocycles. The fourth-order valence-electron chi connectivity index (χ4n) is 4.72. The zero-order chi connectivity index (χ0) is 24.3. The number of urea groups is 1. The van der Waals surface area contributed by atoms with Crippen LogP contribution < -0.4 is 10.6 Å².